The summed E-state index contributed by atoms with van der Waals surface area (Å²) in [5.74, 6) is 3.26. The van der Waals surface area contributed by atoms with Crippen molar-refractivity contribution in [2.45, 2.75) is 44.9 Å². The molecular formula is C34H32N2. The molecule has 0 amide bonds. The van der Waals surface area contributed by atoms with E-state index in [4.69, 9.17) is 4.98 Å². The summed E-state index contributed by atoms with van der Waals surface area (Å²) in [7, 11) is 0. The zero-order valence-corrected chi connectivity index (χ0v) is 20.8. The molecule has 3 aromatic carbocycles. The number of allylic oxidation sites excluding steroid dienone is 2. The average Bonchev–Trinajstić information content (AvgIpc) is 3.36. The first-order chi connectivity index (χ1) is 17.8. The number of anilines is 1. The van der Waals surface area contributed by atoms with E-state index < -0.39 is 0 Å². The molecule has 0 spiro atoms. The number of rotatable bonds is 2. The molecule has 5 aliphatic rings. The highest BCUT2D eigenvalue weighted by Gasteiger charge is 2.56. The molecule has 3 aliphatic carbocycles. The lowest BCUT2D eigenvalue weighted by molar-refractivity contribution is 0.170. The number of fused-ring (bicyclic) bond motifs is 7. The molecule has 0 radical (unpaired) electrons. The first-order valence-corrected chi connectivity index (χ1v) is 14.3. The van der Waals surface area contributed by atoms with Crippen molar-refractivity contribution in [1.82, 2.24) is 4.98 Å². The highest BCUT2D eigenvalue weighted by molar-refractivity contribution is 6.12. The Balaban J connectivity index is 1.37. The Labute approximate surface area is 213 Å². The van der Waals surface area contributed by atoms with Gasteiger partial charge in [0.05, 0.1) is 11.0 Å². The summed E-state index contributed by atoms with van der Waals surface area (Å²) in [4.78, 5) is 7.77. The van der Waals surface area contributed by atoms with Gasteiger partial charge in [-0.2, -0.15) is 0 Å². The normalized spacial score (nSPS) is 27.9. The van der Waals surface area contributed by atoms with Gasteiger partial charge in [-0.25, -0.2) is 4.98 Å². The number of para-hydroxylation sites is 2. The average molecular weight is 469 g/mol. The molecule has 178 valence electrons. The molecule has 2 aliphatic heterocycles. The molecule has 2 saturated carbocycles. The number of nitrogens with zero attached hydrogens (tertiary/aromatic N) is 2. The third-order valence-electron chi connectivity index (χ3n) is 10.5. The van der Waals surface area contributed by atoms with Crippen LogP contribution in [-0.2, 0) is 12.8 Å². The first-order valence-electron chi connectivity index (χ1n) is 14.3. The maximum absolute atomic E-state index is 5.09. The van der Waals surface area contributed by atoms with Crippen LogP contribution >= 0.6 is 0 Å². The lowest BCUT2D eigenvalue weighted by Gasteiger charge is -2.43. The molecule has 4 atom stereocenters. The van der Waals surface area contributed by atoms with Crippen LogP contribution in [0.2, 0.25) is 0 Å². The van der Waals surface area contributed by atoms with E-state index in [2.05, 4.69) is 65.6 Å². The fraction of sp³-hybridized carbons (Fsp3) is 0.382. The highest BCUT2D eigenvalue weighted by atomic mass is 15.1. The standard InChI is InChI=1S/C34H32N2/c1-3-11-29-25(9-1)32(26-10-2-4-12-30(26)35-29)33-28-19-27(23-13-14-24(23)28)31(33)22-17-20-7-5-15-36-16-6-8-21(18-22)34(20)36/h1-4,9-12,17-18,23-24,27-28H,5-8,13-16,19H2. The highest BCUT2D eigenvalue weighted by Crippen LogP contribution is 2.68. The van der Waals surface area contributed by atoms with Gasteiger partial charge in [0.2, 0.25) is 0 Å². The summed E-state index contributed by atoms with van der Waals surface area (Å²) in [5.41, 5.74) is 13.6. The lowest BCUT2D eigenvalue weighted by atomic mass is 9.62. The fourth-order valence-corrected chi connectivity index (χ4v) is 9.02. The summed E-state index contributed by atoms with van der Waals surface area (Å²) >= 11 is 0. The second-order valence-electron chi connectivity index (χ2n) is 12.0. The van der Waals surface area contributed by atoms with Gasteiger partial charge in [0.1, 0.15) is 0 Å². The number of benzene rings is 3. The van der Waals surface area contributed by atoms with Gasteiger partial charge in [0.15, 0.2) is 0 Å². The summed E-state index contributed by atoms with van der Waals surface area (Å²) in [6.07, 6.45) is 9.33. The maximum Gasteiger partial charge on any atom is 0.0715 e. The predicted octanol–water partition coefficient (Wildman–Crippen LogP) is 7.67. The van der Waals surface area contributed by atoms with Crippen LogP contribution in [0, 0.1) is 23.7 Å². The van der Waals surface area contributed by atoms with E-state index in [1.165, 1.54) is 74.4 Å². The molecule has 2 fully saturated rings. The van der Waals surface area contributed by atoms with Crippen LogP contribution in [0.4, 0.5) is 5.69 Å². The van der Waals surface area contributed by atoms with Gasteiger partial charge in [-0.3, -0.25) is 0 Å². The minimum atomic E-state index is 0.710. The van der Waals surface area contributed by atoms with Crippen molar-refractivity contribution < 1.29 is 0 Å². The minimum Gasteiger partial charge on any atom is -0.371 e. The molecule has 4 aromatic rings. The van der Waals surface area contributed by atoms with E-state index >= 15 is 0 Å². The summed E-state index contributed by atoms with van der Waals surface area (Å²) in [5, 5.41) is 2.69. The van der Waals surface area contributed by atoms with Crippen molar-refractivity contribution in [2.75, 3.05) is 18.0 Å². The van der Waals surface area contributed by atoms with E-state index in [1.807, 2.05) is 0 Å². The van der Waals surface area contributed by atoms with Gasteiger partial charge >= 0.3 is 0 Å². The molecule has 2 bridgehead atoms. The number of hydrogen-bond acceptors (Lipinski definition) is 2. The van der Waals surface area contributed by atoms with E-state index in [1.54, 1.807) is 33.5 Å². The van der Waals surface area contributed by atoms with E-state index in [9.17, 15) is 0 Å². The molecular weight excluding hydrogens is 436 g/mol. The van der Waals surface area contributed by atoms with Gasteiger partial charge in [-0.05, 0) is 126 Å². The smallest absolute Gasteiger partial charge is 0.0715 e. The Morgan fingerprint density at radius 2 is 1.28 bits per heavy atom. The second-order valence-corrected chi connectivity index (χ2v) is 12.0. The number of aryl methyl sites for hydroxylation is 2. The van der Waals surface area contributed by atoms with Crippen molar-refractivity contribution in [3.8, 4) is 0 Å². The Hall–Kier alpha value is -3.13. The summed E-state index contributed by atoms with van der Waals surface area (Å²) < 4.78 is 0. The van der Waals surface area contributed by atoms with E-state index in [0.717, 1.165) is 28.8 Å². The molecule has 0 N–H and O–H groups in total. The van der Waals surface area contributed by atoms with Crippen LogP contribution in [-0.4, -0.2) is 18.1 Å². The summed E-state index contributed by atoms with van der Waals surface area (Å²) in [6.45, 7) is 2.49. The van der Waals surface area contributed by atoms with Crippen LogP contribution < -0.4 is 4.90 Å². The first kappa shape index (κ1) is 20.0. The topological polar surface area (TPSA) is 16.1 Å². The monoisotopic (exact) mass is 468 g/mol. The van der Waals surface area contributed by atoms with Crippen molar-refractivity contribution in [3.63, 3.8) is 0 Å². The predicted molar refractivity (Wildman–Crippen MR) is 149 cm³/mol. The van der Waals surface area contributed by atoms with Crippen molar-refractivity contribution >= 4 is 38.6 Å². The molecule has 36 heavy (non-hydrogen) atoms. The minimum absolute atomic E-state index is 0.710. The van der Waals surface area contributed by atoms with Gasteiger partial charge in [-0.15, -0.1) is 0 Å². The maximum atomic E-state index is 5.09. The SMILES string of the molecule is c1ccc2c(C3=C(c4cc5c6c(c4)CCCN6CCC5)C4CC3C3CCC43)c3ccccc3nc2c1. The third-order valence-corrected chi connectivity index (χ3v) is 10.5. The van der Waals surface area contributed by atoms with E-state index in [0.29, 0.717) is 5.92 Å². The Bertz CT molecular complexity index is 1530. The Kier molecular flexibility index (Phi) is 4.01. The third kappa shape index (κ3) is 2.55. The quantitative estimate of drug-likeness (QED) is 0.281. The van der Waals surface area contributed by atoms with Crippen molar-refractivity contribution in [3.05, 3.63) is 82.9 Å². The van der Waals surface area contributed by atoms with Crippen LogP contribution in [0.5, 0.6) is 0 Å². The van der Waals surface area contributed by atoms with Crippen molar-refractivity contribution in [1.29, 1.82) is 0 Å². The van der Waals surface area contributed by atoms with Gasteiger partial charge in [0, 0.05) is 29.5 Å². The zero-order valence-electron chi connectivity index (χ0n) is 20.8. The number of hydrogen-bond donors (Lipinski definition) is 0. The molecule has 1 aromatic heterocycles. The fourth-order valence-electron chi connectivity index (χ4n) is 9.02. The van der Waals surface area contributed by atoms with Crippen LogP contribution in [0.25, 0.3) is 33.0 Å². The zero-order chi connectivity index (χ0) is 23.4. The number of aromatic nitrogens is 1. The Morgan fingerprint density at radius 3 is 1.89 bits per heavy atom. The molecule has 2 nitrogen and oxygen atoms in total. The Morgan fingerprint density at radius 1 is 0.694 bits per heavy atom. The van der Waals surface area contributed by atoms with Crippen LogP contribution in [0.3, 0.4) is 0 Å². The summed E-state index contributed by atoms with van der Waals surface area (Å²) in [6, 6.07) is 23.0. The van der Waals surface area contributed by atoms with Gasteiger partial charge in [0.25, 0.3) is 0 Å². The second kappa shape index (κ2) is 7.22. The largest absolute Gasteiger partial charge is 0.371 e. The molecule has 3 heterocycles. The number of pyridine rings is 1. The van der Waals surface area contributed by atoms with Crippen LogP contribution in [0.1, 0.15) is 54.4 Å². The van der Waals surface area contributed by atoms with Gasteiger partial charge < -0.3 is 4.90 Å². The molecule has 0 saturated heterocycles. The lowest BCUT2D eigenvalue weighted by Crippen LogP contribution is -2.35. The van der Waals surface area contributed by atoms with Crippen LogP contribution in [0.15, 0.2) is 60.7 Å². The molecule has 4 unspecified atom stereocenters. The molecule has 9 rings (SSSR count). The van der Waals surface area contributed by atoms with Crippen molar-refractivity contribution in [2.24, 2.45) is 23.7 Å². The molecule has 2 heteroatoms. The van der Waals surface area contributed by atoms with E-state index in [-0.39, 0.29) is 0 Å². The van der Waals surface area contributed by atoms with Gasteiger partial charge in [-0.1, -0.05) is 36.4 Å².